The second-order valence-corrected chi connectivity index (χ2v) is 3.73. The molecule has 1 atom stereocenters. The lowest BCUT2D eigenvalue weighted by atomic mass is 10.0. The van der Waals surface area contributed by atoms with Gasteiger partial charge in [-0.05, 0) is 13.0 Å². The van der Waals surface area contributed by atoms with Crippen molar-refractivity contribution in [1.29, 1.82) is 0 Å². The summed E-state index contributed by atoms with van der Waals surface area (Å²) in [6.07, 6.45) is -4.22. The molecule has 2 N–H and O–H groups in total. The Morgan fingerprint density at radius 1 is 1.53 bits per heavy atom. The molecule has 1 aromatic heterocycles. The lowest BCUT2D eigenvalue weighted by molar-refractivity contribution is -0.157. The number of oxazole rings is 1. The molecule has 17 heavy (non-hydrogen) atoms. The fourth-order valence-electron chi connectivity index (χ4n) is 1.77. The van der Waals surface area contributed by atoms with Gasteiger partial charge in [-0.1, -0.05) is 0 Å². The summed E-state index contributed by atoms with van der Waals surface area (Å²) in [5.41, 5.74) is -0.130. The molecule has 8 heteroatoms. The van der Waals surface area contributed by atoms with Crippen LogP contribution in [-0.2, 0) is 6.18 Å². The highest BCUT2D eigenvalue weighted by atomic mass is 19.4. The topological polar surface area (TPSA) is 75.4 Å². The van der Waals surface area contributed by atoms with Gasteiger partial charge in [0.25, 0.3) is 0 Å². The number of aromatic nitrogens is 1. The first-order valence-corrected chi connectivity index (χ1v) is 4.91. The van der Waals surface area contributed by atoms with Crippen molar-refractivity contribution in [1.82, 2.24) is 10.3 Å². The predicted molar refractivity (Wildman–Crippen MR) is 48.7 cm³/mol. The van der Waals surface area contributed by atoms with E-state index in [0.717, 1.165) is 0 Å². The average molecular weight is 250 g/mol. The summed E-state index contributed by atoms with van der Waals surface area (Å²) >= 11 is 0. The number of nitrogens with zero attached hydrogens (tertiary/aromatic N) is 1. The molecule has 2 heterocycles. The summed E-state index contributed by atoms with van der Waals surface area (Å²) in [4.78, 5) is 14.1. The Bertz CT molecular complexity index is 435. The Hall–Kier alpha value is -1.57. The number of nitrogens with one attached hydrogen (secondary N) is 1. The highest BCUT2D eigenvalue weighted by Gasteiger charge is 2.41. The van der Waals surface area contributed by atoms with Crippen molar-refractivity contribution in [2.75, 3.05) is 13.1 Å². The number of hydrogen-bond acceptors (Lipinski definition) is 4. The highest BCUT2D eigenvalue weighted by molar-refractivity contribution is 5.85. The van der Waals surface area contributed by atoms with Crippen molar-refractivity contribution in [3.8, 4) is 0 Å². The molecule has 1 aliphatic rings. The SMILES string of the molecule is O=C(O)c1oc(C(F)(F)F)nc1C1CCNC1. The monoisotopic (exact) mass is 250 g/mol. The fraction of sp³-hybridized carbons (Fsp3) is 0.556. The van der Waals surface area contributed by atoms with Crippen LogP contribution < -0.4 is 5.32 Å². The number of rotatable bonds is 2. The molecule has 1 aromatic rings. The molecule has 0 aliphatic carbocycles. The molecule has 1 fully saturated rings. The van der Waals surface area contributed by atoms with Crippen LogP contribution in [0.2, 0.25) is 0 Å². The van der Waals surface area contributed by atoms with Crippen LogP contribution in [0.4, 0.5) is 13.2 Å². The van der Waals surface area contributed by atoms with Gasteiger partial charge < -0.3 is 14.8 Å². The van der Waals surface area contributed by atoms with E-state index in [-0.39, 0.29) is 11.6 Å². The van der Waals surface area contributed by atoms with Crippen molar-refractivity contribution < 1.29 is 27.5 Å². The maximum Gasteiger partial charge on any atom is 0.468 e. The number of alkyl halides is 3. The number of aromatic carboxylic acids is 1. The largest absolute Gasteiger partial charge is 0.475 e. The molecule has 0 saturated carbocycles. The van der Waals surface area contributed by atoms with Crippen LogP contribution in [-0.4, -0.2) is 29.1 Å². The molecule has 0 bridgehead atoms. The van der Waals surface area contributed by atoms with E-state index < -0.39 is 23.8 Å². The minimum atomic E-state index is -4.77. The maximum atomic E-state index is 12.4. The normalized spacial score (nSPS) is 20.8. The maximum absolute atomic E-state index is 12.4. The second-order valence-electron chi connectivity index (χ2n) is 3.73. The molecule has 0 radical (unpaired) electrons. The summed E-state index contributed by atoms with van der Waals surface area (Å²) in [5.74, 6) is -4.10. The lowest BCUT2D eigenvalue weighted by Gasteiger charge is -2.03. The van der Waals surface area contributed by atoms with Crippen LogP contribution in [0.5, 0.6) is 0 Å². The molecule has 0 spiro atoms. The van der Waals surface area contributed by atoms with Crippen molar-refractivity contribution in [2.45, 2.75) is 18.5 Å². The van der Waals surface area contributed by atoms with Gasteiger partial charge in [0.15, 0.2) is 0 Å². The van der Waals surface area contributed by atoms with E-state index in [9.17, 15) is 18.0 Å². The van der Waals surface area contributed by atoms with Crippen molar-refractivity contribution >= 4 is 5.97 Å². The number of hydrogen-bond donors (Lipinski definition) is 2. The van der Waals surface area contributed by atoms with Gasteiger partial charge in [0.05, 0.1) is 5.69 Å². The molecule has 94 valence electrons. The highest BCUT2D eigenvalue weighted by Crippen LogP contribution is 2.33. The Balaban J connectivity index is 2.42. The van der Waals surface area contributed by atoms with Gasteiger partial charge in [-0.15, -0.1) is 0 Å². The summed E-state index contributed by atoms with van der Waals surface area (Å²) in [5, 5.41) is 11.7. The van der Waals surface area contributed by atoms with E-state index in [0.29, 0.717) is 19.5 Å². The molecular weight excluding hydrogens is 241 g/mol. The molecule has 1 unspecified atom stereocenters. The third-order valence-electron chi connectivity index (χ3n) is 2.54. The van der Waals surface area contributed by atoms with E-state index in [1.807, 2.05) is 0 Å². The van der Waals surface area contributed by atoms with Crippen LogP contribution in [0.3, 0.4) is 0 Å². The Morgan fingerprint density at radius 3 is 2.71 bits per heavy atom. The van der Waals surface area contributed by atoms with Crippen molar-refractivity contribution in [3.05, 3.63) is 17.3 Å². The quantitative estimate of drug-likeness (QED) is 0.831. The minimum absolute atomic E-state index is 0.130. The zero-order valence-corrected chi connectivity index (χ0v) is 8.54. The number of carboxylic acid groups (broad SMARTS) is 1. The van der Waals surface area contributed by atoms with E-state index >= 15 is 0 Å². The van der Waals surface area contributed by atoms with Gasteiger partial charge in [-0.25, -0.2) is 9.78 Å². The summed E-state index contributed by atoms with van der Waals surface area (Å²) in [6, 6.07) is 0. The zero-order valence-electron chi connectivity index (χ0n) is 8.54. The smallest absolute Gasteiger partial charge is 0.468 e. The summed E-state index contributed by atoms with van der Waals surface area (Å²) in [7, 11) is 0. The minimum Gasteiger partial charge on any atom is -0.475 e. The van der Waals surface area contributed by atoms with Crippen LogP contribution in [0.25, 0.3) is 0 Å². The fourth-order valence-corrected chi connectivity index (χ4v) is 1.77. The van der Waals surface area contributed by atoms with Gasteiger partial charge in [0.2, 0.25) is 5.76 Å². The van der Waals surface area contributed by atoms with Gasteiger partial charge in [0, 0.05) is 12.5 Å². The number of carboxylic acids is 1. The van der Waals surface area contributed by atoms with Gasteiger partial charge in [0.1, 0.15) is 0 Å². The Kier molecular flexibility index (Phi) is 2.82. The van der Waals surface area contributed by atoms with Crippen LogP contribution in [0, 0.1) is 0 Å². The van der Waals surface area contributed by atoms with Crippen LogP contribution in [0.15, 0.2) is 4.42 Å². The van der Waals surface area contributed by atoms with E-state index in [2.05, 4.69) is 14.7 Å². The first kappa shape index (κ1) is 11.9. The van der Waals surface area contributed by atoms with Crippen LogP contribution in [0.1, 0.15) is 34.5 Å². The molecule has 5 nitrogen and oxygen atoms in total. The van der Waals surface area contributed by atoms with Crippen molar-refractivity contribution in [2.24, 2.45) is 0 Å². The molecule has 1 saturated heterocycles. The average Bonchev–Trinajstić information content (AvgIpc) is 2.85. The Labute approximate surface area is 93.6 Å². The van der Waals surface area contributed by atoms with Gasteiger partial charge >= 0.3 is 18.0 Å². The van der Waals surface area contributed by atoms with E-state index in [4.69, 9.17) is 5.11 Å². The second kappa shape index (κ2) is 4.02. The molecule has 0 amide bonds. The molecule has 2 rings (SSSR count). The molecular formula is C9H9F3N2O3. The third kappa shape index (κ3) is 2.26. The Morgan fingerprint density at radius 2 is 2.24 bits per heavy atom. The van der Waals surface area contributed by atoms with Gasteiger partial charge in [-0.3, -0.25) is 0 Å². The number of halogens is 3. The molecule has 0 aromatic carbocycles. The van der Waals surface area contributed by atoms with Crippen LogP contribution >= 0.6 is 0 Å². The van der Waals surface area contributed by atoms with E-state index in [1.54, 1.807) is 0 Å². The first-order valence-electron chi connectivity index (χ1n) is 4.91. The zero-order chi connectivity index (χ0) is 12.6. The first-order chi connectivity index (χ1) is 7.89. The van der Waals surface area contributed by atoms with Crippen molar-refractivity contribution in [3.63, 3.8) is 0 Å². The standard InChI is InChI=1S/C9H9F3N2O3/c10-9(11,12)8-14-5(4-1-2-13-3-4)6(17-8)7(15)16/h4,13H,1-3H2,(H,15,16). The summed E-state index contributed by atoms with van der Waals surface area (Å²) < 4.78 is 41.4. The van der Waals surface area contributed by atoms with E-state index in [1.165, 1.54) is 0 Å². The summed E-state index contributed by atoms with van der Waals surface area (Å²) in [6.45, 7) is 1.03. The van der Waals surface area contributed by atoms with Gasteiger partial charge in [-0.2, -0.15) is 13.2 Å². The number of carbonyl (C=O) groups is 1. The lowest BCUT2D eigenvalue weighted by Crippen LogP contribution is -2.11. The predicted octanol–water partition coefficient (Wildman–Crippen LogP) is 1.47. The molecule has 1 aliphatic heterocycles. The third-order valence-corrected chi connectivity index (χ3v) is 2.54.